The molecule has 1 aliphatic rings. The van der Waals surface area contributed by atoms with Crippen molar-refractivity contribution >= 4 is 11.7 Å². The predicted octanol–water partition coefficient (Wildman–Crippen LogP) is 1.78. The van der Waals surface area contributed by atoms with Crippen LogP contribution in [0.2, 0.25) is 0 Å². The van der Waals surface area contributed by atoms with Crippen molar-refractivity contribution in [1.82, 2.24) is 30.4 Å². The van der Waals surface area contributed by atoms with E-state index in [2.05, 4.69) is 20.7 Å². The summed E-state index contributed by atoms with van der Waals surface area (Å²) in [5, 5.41) is 27.0. The van der Waals surface area contributed by atoms with E-state index < -0.39 is 0 Å². The Morgan fingerprint density at radius 3 is 2.58 bits per heavy atom. The van der Waals surface area contributed by atoms with Gasteiger partial charge in [-0.1, -0.05) is 25.9 Å². The summed E-state index contributed by atoms with van der Waals surface area (Å²) in [5.41, 5.74) is 4.53. The van der Waals surface area contributed by atoms with Crippen LogP contribution in [0.4, 0.5) is 0 Å². The molecule has 3 N–H and O–H groups in total. The lowest BCUT2D eigenvalue weighted by molar-refractivity contribution is 0.0126. The normalized spacial score (nSPS) is 14.4. The first kappa shape index (κ1) is 25.2. The first-order valence-corrected chi connectivity index (χ1v) is 11.6. The maximum absolute atomic E-state index is 12.5. The number of hydrazine groups is 1. The minimum Gasteiger partial charge on any atom is -0.470 e. The van der Waals surface area contributed by atoms with Crippen LogP contribution in [0.15, 0.2) is 35.0 Å². The molecule has 0 saturated carbocycles. The summed E-state index contributed by atoms with van der Waals surface area (Å²) in [6, 6.07) is 6.65. The molecule has 4 rings (SSSR count). The lowest BCUT2D eigenvalue weighted by atomic mass is 9.88. The van der Waals surface area contributed by atoms with Crippen LogP contribution in [0.25, 0.3) is 0 Å². The molecule has 0 aliphatic carbocycles. The molecule has 0 spiro atoms. The smallest absolute Gasteiger partial charge is 0.267 e. The predicted molar refractivity (Wildman–Crippen MR) is 129 cm³/mol. The summed E-state index contributed by atoms with van der Waals surface area (Å²) >= 11 is 0. The molecule has 12 heteroatoms. The molecule has 12 nitrogen and oxygen atoms in total. The van der Waals surface area contributed by atoms with E-state index in [4.69, 9.17) is 24.8 Å². The molecule has 0 radical (unpaired) electrons. The highest BCUT2D eigenvalue weighted by Crippen LogP contribution is 2.28. The van der Waals surface area contributed by atoms with E-state index in [0.29, 0.717) is 43.3 Å². The summed E-state index contributed by atoms with van der Waals surface area (Å²) in [7, 11) is 0. The zero-order chi connectivity index (χ0) is 25.9. The molecular formula is C24H30N8O4. The van der Waals surface area contributed by atoms with Gasteiger partial charge < -0.3 is 14.0 Å². The largest absolute Gasteiger partial charge is 0.470 e. The first-order chi connectivity index (χ1) is 17.1. The Morgan fingerprint density at radius 2 is 1.97 bits per heavy atom. The summed E-state index contributed by atoms with van der Waals surface area (Å²) in [6.07, 6.45) is 1.50. The van der Waals surface area contributed by atoms with Crippen molar-refractivity contribution in [3.63, 3.8) is 0 Å². The van der Waals surface area contributed by atoms with Crippen LogP contribution in [0.1, 0.15) is 53.8 Å². The molecule has 0 unspecified atom stereocenters. The molecule has 190 valence electrons. The number of nitrogens with one attached hydrogen (secondary N) is 3. The van der Waals surface area contributed by atoms with Crippen molar-refractivity contribution in [2.75, 3.05) is 26.3 Å². The summed E-state index contributed by atoms with van der Waals surface area (Å²) in [4.78, 5) is 16.8. The Bertz CT molecular complexity index is 1300. The minimum absolute atomic E-state index is 0.0201. The highest BCUT2D eigenvalue weighted by atomic mass is 16.5. The van der Waals surface area contributed by atoms with Crippen molar-refractivity contribution < 1.29 is 18.8 Å². The zero-order valence-corrected chi connectivity index (χ0v) is 20.8. The minimum atomic E-state index is -0.362. The van der Waals surface area contributed by atoms with Crippen LogP contribution in [-0.2, 0) is 16.8 Å². The molecule has 1 aliphatic heterocycles. The van der Waals surface area contributed by atoms with E-state index in [-0.39, 0.29) is 40.8 Å². The van der Waals surface area contributed by atoms with Gasteiger partial charge >= 0.3 is 0 Å². The zero-order valence-electron chi connectivity index (χ0n) is 20.8. The number of morpholine rings is 1. The number of carbonyl (C=O) groups excluding carboxylic acids is 1. The Kier molecular flexibility index (Phi) is 7.27. The van der Waals surface area contributed by atoms with Gasteiger partial charge in [0.2, 0.25) is 5.88 Å². The molecule has 0 aromatic carbocycles. The average Bonchev–Trinajstić information content (AvgIpc) is 3.29. The molecule has 1 amide bonds. The lowest BCUT2D eigenvalue weighted by Crippen LogP contribution is -2.48. The highest BCUT2D eigenvalue weighted by molar-refractivity contribution is 5.95. The van der Waals surface area contributed by atoms with Crippen LogP contribution in [0.3, 0.4) is 0 Å². The summed E-state index contributed by atoms with van der Waals surface area (Å²) in [6.45, 7) is 10.2. The third-order valence-corrected chi connectivity index (χ3v) is 5.54. The topological polar surface area (TPSA) is 155 Å². The van der Waals surface area contributed by atoms with Gasteiger partial charge in [0, 0.05) is 30.9 Å². The molecule has 3 aromatic rings. The van der Waals surface area contributed by atoms with Gasteiger partial charge in [0.1, 0.15) is 17.9 Å². The van der Waals surface area contributed by atoms with Gasteiger partial charge in [-0.25, -0.2) is 5.01 Å². The molecule has 0 atom stereocenters. The number of aryl methyl sites for hydroxylation is 1. The fourth-order valence-electron chi connectivity index (χ4n) is 3.53. The summed E-state index contributed by atoms with van der Waals surface area (Å²) in [5.74, 6) is 0.496. The van der Waals surface area contributed by atoms with Crippen LogP contribution in [0, 0.1) is 17.7 Å². The molecule has 36 heavy (non-hydrogen) atoms. The van der Waals surface area contributed by atoms with Crippen LogP contribution < -0.4 is 15.7 Å². The number of nitrogens with zero attached hydrogens (tertiary/aromatic N) is 5. The third-order valence-electron chi connectivity index (χ3n) is 5.54. The maximum atomic E-state index is 12.5. The van der Waals surface area contributed by atoms with E-state index in [0.717, 1.165) is 10.2 Å². The van der Waals surface area contributed by atoms with E-state index in [1.807, 2.05) is 25.8 Å². The number of pyridine rings is 1. The molecular weight excluding hydrogens is 464 g/mol. The van der Waals surface area contributed by atoms with Gasteiger partial charge in [0.05, 0.1) is 24.5 Å². The molecule has 3 aromatic heterocycles. The van der Waals surface area contributed by atoms with Crippen molar-refractivity contribution in [3.05, 3.63) is 64.2 Å². The third kappa shape index (κ3) is 5.83. The number of hydrogen-bond acceptors (Lipinski definition) is 10. The van der Waals surface area contributed by atoms with Crippen molar-refractivity contribution in [3.8, 4) is 5.88 Å². The lowest BCUT2D eigenvalue weighted by Gasteiger charge is -2.26. The van der Waals surface area contributed by atoms with Crippen LogP contribution in [0.5, 0.6) is 5.88 Å². The second-order valence-electron chi connectivity index (χ2n) is 9.45. The van der Waals surface area contributed by atoms with Crippen LogP contribution >= 0.6 is 0 Å². The van der Waals surface area contributed by atoms with E-state index in [1.165, 1.54) is 6.20 Å². The van der Waals surface area contributed by atoms with Gasteiger partial charge in [0.25, 0.3) is 5.91 Å². The van der Waals surface area contributed by atoms with E-state index >= 15 is 0 Å². The second-order valence-corrected chi connectivity index (χ2v) is 9.45. The highest BCUT2D eigenvalue weighted by Gasteiger charge is 2.24. The molecule has 1 fully saturated rings. The van der Waals surface area contributed by atoms with Crippen molar-refractivity contribution in [1.29, 1.82) is 10.8 Å². The number of aromatic nitrogens is 4. The van der Waals surface area contributed by atoms with Gasteiger partial charge in [-0.3, -0.25) is 26.0 Å². The van der Waals surface area contributed by atoms with Gasteiger partial charge in [0.15, 0.2) is 11.5 Å². The number of carbonyl (C=O) groups is 1. The molecule has 4 heterocycles. The quantitative estimate of drug-likeness (QED) is 0.346. The Morgan fingerprint density at radius 1 is 1.22 bits per heavy atom. The molecule has 0 bridgehead atoms. The SMILES string of the molecule is Cc1cc(C(=N)n2nc(OCc3ccc(C(=O)NN4CCOCC4)cn3)c(C(C)(C)C)cc2=N)no1. The molecule has 1 saturated heterocycles. The number of rotatable bonds is 6. The fourth-order valence-corrected chi connectivity index (χ4v) is 3.53. The standard InChI is InChI=1S/C24H30N8O4/c1-15-11-19(30-36-15)21(26)32-20(25)12-18(24(2,3)4)23(29-32)35-14-17-6-5-16(13-27-17)22(33)28-31-7-9-34-10-8-31/h5-6,11-13,25-26H,7-10,14H2,1-4H3,(H,28,33). The van der Waals surface area contributed by atoms with E-state index in [9.17, 15) is 4.79 Å². The number of amides is 1. The van der Waals surface area contributed by atoms with Crippen molar-refractivity contribution in [2.24, 2.45) is 0 Å². The van der Waals surface area contributed by atoms with Gasteiger partial charge in [-0.2, -0.15) is 4.68 Å². The average molecular weight is 495 g/mol. The fraction of sp³-hybridized carbons (Fsp3) is 0.417. The summed E-state index contributed by atoms with van der Waals surface area (Å²) < 4.78 is 17.5. The maximum Gasteiger partial charge on any atom is 0.267 e. The first-order valence-electron chi connectivity index (χ1n) is 11.6. The van der Waals surface area contributed by atoms with E-state index in [1.54, 1.807) is 31.2 Å². The number of ether oxygens (including phenoxy) is 2. The Labute approximate surface area is 208 Å². The Hall–Kier alpha value is -3.90. The number of hydrogen-bond donors (Lipinski definition) is 3. The van der Waals surface area contributed by atoms with Gasteiger partial charge in [-0.15, -0.1) is 5.10 Å². The van der Waals surface area contributed by atoms with Gasteiger partial charge in [-0.05, 0) is 30.5 Å². The van der Waals surface area contributed by atoms with Crippen molar-refractivity contribution in [2.45, 2.75) is 39.7 Å². The second kappa shape index (κ2) is 10.4. The van der Waals surface area contributed by atoms with Crippen LogP contribution in [-0.4, -0.2) is 63.0 Å². The monoisotopic (exact) mass is 494 g/mol. The Balaban J connectivity index is 1.51.